The van der Waals surface area contributed by atoms with Crippen LogP contribution in [-0.2, 0) is 20.0 Å². The minimum atomic E-state index is -3.83. The van der Waals surface area contributed by atoms with Gasteiger partial charge in [-0.1, -0.05) is 54.8 Å². The molecule has 8 heteroatoms. The summed E-state index contributed by atoms with van der Waals surface area (Å²) in [6.07, 6.45) is 2.95. The van der Waals surface area contributed by atoms with Crippen molar-refractivity contribution in [2.45, 2.75) is 61.4 Å². The largest absolute Gasteiger partial charge is 0.265 e. The first-order valence-electron chi connectivity index (χ1n) is 10.5. The summed E-state index contributed by atoms with van der Waals surface area (Å²) >= 11 is 0. The third kappa shape index (κ3) is 3.92. The van der Waals surface area contributed by atoms with E-state index in [1.807, 2.05) is 13.8 Å². The number of nitrogens with zero attached hydrogens (tertiary/aromatic N) is 2. The van der Waals surface area contributed by atoms with Gasteiger partial charge in [0.25, 0.3) is 10.0 Å². The second-order valence-electron chi connectivity index (χ2n) is 8.46. The van der Waals surface area contributed by atoms with Crippen LogP contribution in [0, 0.1) is 13.8 Å². The maximum Gasteiger partial charge on any atom is 0.264 e. The summed E-state index contributed by atoms with van der Waals surface area (Å²) < 4.78 is 56.9. The number of aryl methyl sites for hydroxylation is 2. The van der Waals surface area contributed by atoms with Crippen molar-refractivity contribution in [3.63, 3.8) is 0 Å². The van der Waals surface area contributed by atoms with Crippen molar-refractivity contribution < 1.29 is 16.8 Å². The number of hydrogen-bond acceptors (Lipinski definition) is 4. The van der Waals surface area contributed by atoms with Crippen LogP contribution in [0.4, 0.5) is 0 Å². The molecule has 1 heterocycles. The standard InChI is InChI=1S/C23H28N2O4S2/c1-17-8-12-20(13-9-17)30(26,27)24-16-19(3)25(23-7-5-4-6-22(23)24)31(28,29)21-14-10-18(2)11-15-21/h8-15,22-23H,3-7,16H2,1-2H3/t22-,23-/m1/s1. The highest BCUT2D eigenvalue weighted by Crippen LogP contribution is 2.39. The number of benzene rings is 2. The molecular formula is C23H28N2O4S2. The summed E-state index contributed by atoms with van der Waals surface area (Å²) in [4.78, 5) is 0.434. The highest BCUT2D eigenvalue weighted by Gasteiger charge is 2.48. The zero-order valence-corrected chi connectivity index (χ0v) is 19.5. The van der Waals surface area contributed by atoms with Crippen molar-refractivity contribution in [2.75, 3.05) is 6.54 Å². The van der Waals surface area contributed by atoms with Crippen molar-refractivity contribution >= 4 is 20.0 Å². The molecule has 2 fully saturated rings. The van der Waals surface area contributed by atoms with Crippen molar-refractivity contribution in [1.82, 2.24) is 8.61 Å². The Bertz CT molecular complexity index is 1190. The Morgan fingerprint density at radius 1 is 0.742 bits per heavy atom. The lowest BCUT2D eigenvalue weighted by atomic mass is 9.88. The Morgan fingerprint density at radius 3 is 1.71 bits per heavy atom. The number of rotatable bonds is 4. The summed E-state index contributed by atoms with van der Waals surface area (Å²) in [5, 5.41) is 0. The van der Waals surface area contributed by atoms with E-state index >= 15 is 0 Å². The maximum atomic E-state index is 13.5. The molecule has 31 heavy (non-hydrogen) atoms. The first-order chi connectivity index (χ1) is 14.6. The number of sulfonamides is 2. The molecule has 2 aliphatic rings. The number of piperazine rings is 1. The highest BCUT2D eigenvalue weighted by atomic mass is 32.2. The van der Waals surface area contributed by atoms with Gasteiger partial charge in [-0.3, -0.25) is 4.31 Å². The molecule has 0 N–H and O–H groups in total. The Labute approximate surface area is 185 Å². The zero-order chi connectivity index (χ0) is 22.4. The third-order valence-electron chi connectivity index (χ3n) is 6.22. The molecular weight excluding hydrogens is 432 g/mol. The second-order valence-corrected chi connectivity index (χ2v) is 12.2. The Balaban J connectivity index is 1.73. The monoisotopic (exact) mass is 460 g/mol. The van der Waals surface area contributed by atoms with Gasteiger partial charge >= 0.3 is 0 Å². The molecule has 6 nitrogen and oxygen atoms in total. The van der Waals surface area contributed by atoms with Gasteiger partial charge in [-0.05, 0) is 51.0 Å². The molecule has 1 aliphatic carbocycles. The van der Waals surface area contributed by atoms with E-state index in [4.69, 9.17) is 0 Å². The van der Waals surface area contributed by atoms with Gasteiger partial charge in [0.15, 0.2) is 0 Å². The van der Waals surface area contributed by atoms with Gasteiger partial charge in [-0.2, -0.15) is 4.31 Å². The molecule has 1 aliphatic heterocycles. The molecule has 0 spiro atoms. The van der Waals surface area contributed by atoms with Crippen LogP contribution in [-0.4, -0.2) is 44.1 Å². The predicted octanol–water partition coefficient (Wildman–Crippen LogP) is 3.82. The molecule has 0 amide bonds. The number of hydrogen-bond donors (Lipinski definition) is 0. The molecule has 0 bridgehead atoms. The summed E-state index contributed by atoms with van der Waals surface area (Å²) in [5.74, 6) is 0. The fourth-order valence-corrected chi connectivity index (χ4v) is 7.96. The summed E-state index contributed by atoms with van der Waals surface area (Å²) in [6, 6.07) is 12.7. The molecule has 0 unspecified atom stereocenters. The first kappa shape index (κ1) is 22.0. The van der Waals surface area contributed by atoms with Crippen molar-refractivity contribution in [3.05, 3.63) is 71.9 Å². The topological polar surface area (TPSA) is 74.8 Å². The van der Waals surface area contributed by atoms with E-state index < -0.39 is 32.1 Å². The van der Waals surface area contributed by atoms with Crippen LogP contribution in [0.25, 0.3) is 0 Å². The molecule has 1 saturated carbocycles. The molecule has 2 aromatic carbocycles. The first-order valence-corrected chi connectivity index (χ1v) is 13.4. The van der Waals surface area contributed by atoms with Gasteiger partial charge in [0.05, 0.1) is 22.4 Å². The third-order valence-corrected chi connectivity index (χ3v) is 10.0. The van der Waals surface area contributed by atoms with E-state index in [1.165, 1.54) is 8.61 Å². The second kappa shape index (κ2) is 8.07. The molecule has 2 aromatic rings. The van der Waals surface area contributed by atoms with Crippen LogP contribution in [0.1, 0.15) is 36.8 Å². The minimum absolute atomic E-state index is 0.0392. The van der Waals surface area contributed by atoms with Gasteiger partial charge in [-0.25, -0.2) is 16.8 Å². The summed E-state index contributed by atoms with van der Waals surface area (Å²) in [6.45, 7) is 7.78. The lowest BCUT2D eigenvalue weighted by Gasteiger charge is -2.49. The summed E-state index contributed by atoms with van der Waals surface area (Å²) in [7, 11) is -7.60. The fourth-order valence-electron chi connectivity index (χ4n) is 4.58. The average molecular weight is 461 g/mol. The lowest BCUT2D eigenvalue weighted by Crippen LogP contribution is -2.61. The Hall–Kier alpha value is -2.16. The van der Waals surface area contributed by atoms with Gasteiger partial charge < -0.3 is 0 Å². The molecule has 0 aromatic heterocycles. The Morgan fingerprint density at radius 2 is 1.19 bits per heavy atom. The zero-order valence-electron chi connectivity index (χ0n) is 17.9. The van der Waals surface area contributed by atoms with Gasteiger partial charge in [-0.15, -0.1) is 0 Å². The van der Waals surface area contributed by atoms with Crippen LogP contribution in [0.15, 0.2) is 70.6 Å². The average Bonchev–Trinajstić information content (AvgIpc) is 2.73. The van der Waals surface area contributed by atoms with Crippen molar-refractivity contribution in [1.29, 1.82) is 0 Å². The van der Waals surface area contributed by atoms with Gasteiger partial charge in [0.1, 0.15) is 0 Å². The fraction of sp³-hybridized carbons (Fsp3) is 0.391. The van der Waals surface area contributed by atoms with Crippen LogP contribution in [0.3, 0.4) is 0 Å². The maximum absolute atomic E-state index is 13.5. The molecule has 1 saturated heterocycles. The van der Waals surface area contributed by atoms with E-state index in [0.29, 0.717) is 18.5 Å². The smallest absolute Gasteiger partial charge is 0.264 e. The highest BCUT2D eigenvalue weighted by molar-refractivity contribution is 7.89. The lowest BCUT2D eigenvalue weighted by molar-refractivity contribution is 0.126. The molecule has 166 valence electrons. The van der Waals surface area contributed by atoms with Crippen LogP contribution < -0.4 is 0 Å². The minimum Gasteiger partial charge on any atom is -0.265 e. The summed E-state index contributed by atoms with van der Waals surface area (Å²) in [5.41, 5.74) is 2.25. The SMILES string of the molecule is C=C1CN(S(=O)(=O)c2ccc(C)cc2)[C@@H]2CCCC[C@H]2N1S(=O)(=O)c1ccc(C)cc1. The van der Waals surface area contributed by atoms with Crippen molar-refractivity contribution in [2.24, 2.45) is 0 Å². The number of fused-ring (bicyclic) bond motifs is 1. The van der Waals surface area contributed by atoms with Crippen LogP contribution in [0.2, 0.25) is 0 Å². The van der Waals surface area contributed by atoms with E-state index in [2.05, 4.69) is 6.58 Å². The van der Waals surface area contributed by atoms with E-state index in [1.54, 1.807) is 48.5 Å². The van der Waals surface area contributed by atoms with Crippen molar-refractivity contribution in [3.8, 4) is 0 Å². The molecule has 4 rings (SSSR count). The van der Waals surface area contributed by atoms with Gasteiger partial charge in [0, 0.05) is 11.7 Å². The van der Waals surface area contributed by atoms with Gasteiger partial charge in [0.2, 0.25) is 10.0 Å². The normalized spacial score (nSPS) is 22.9. The quantitative estimate of drug-likeness (QED) is 0.695. The molecule has 0 radical (unpaired) electrons. The van der Waals surface area contributed by atoms with Crippen LogP contribution >= 0.6 is 0 Å². The Kier molecular flexibility index (Phi) is 5.74. The molecule has 2 atom stereocenters. The predicted molar refractivity (Wildman–Crippen MR) is 120 cm³/mol. The van der Waals surface area contributed by atoms with E-state index in [9.17, 15) is 16.8 Å². The van der Waals surface area contributed by atoms with E-state index in [0.717, 1.165) is 24.0 Å². The van der Waals surface area contributed by atoms with E-state index in [-0.39, 0.29) is 16.3 Å². The van der Waals surface area contributed by atoms with Crippen LogP contribution in [0.5, 0.6) is 0 Å².